The van der Waals surface area contributed by atoms with Crippen LogP contribution >= 0.6 is 0 Å². The quantitative estimate of drug-likeness (QED) is 0.823. The molecule has 0 atom stereocenters. The summed E-state index contributed by atoms with van der Waals surface area (Å²) in [4.78, 5) is 12.7. The fourth-order valence-electron chi connectivity index (χ4n) is 3.62. The Kier molecular flexibility index (Phi) is 6.39. The summed E-state index contributed by atoms with van der Waals surface area (Å²) in [6.07, 6.45) is 4.12. The van der Waals surface area contributed by atoms with Gasteiger partial charge in [-0.05, 0) is 49.8 Å². The van der Waals surface area contributed by atoms with E-state index < -0.39 is 10.0 Å². The van der Waals surface area contributed by atoms with Crippen LogP contribution in [0.2, 0.25) is 0 Å². The van der Waals surface area contributed by atoms with Gasteiger partial charge in [-0.2, -0.15) is 4.31 Å². The molecule has 7 nitrogen and oxygen atoms in total. The number of carbonyl (C=O) groups is 1. The number of hydrogen-bond donors (Lipinski definition) is 1. The maximum Gasteiger partial charge on any atom is 0.251 e. The highest BCUT2D eigenvalue weighted by Crippen LogP contribution is 2.29. The predicted octanol–water partition coefficient (Wildman–Crippen LogP) is 2.02. The Hall–Kier alpha value is -1.64. The summed E-state index contributed by atoms with van der Waals surface area (Å²) in [5.41, 5.74) is 0.334. The molecular formula is C19H28N2O5S. The summed E-state index contributed by atoms with van der Waals surface area (Å²) < 4.78 is 37.9. The normalized spacial score (nSPS) is 24.4. The third-order valence-electron chi connectivity index (χ3n) is 5.36. The molecule has 0 radical (unpaired) electrons. The number of nitrogens with one attached hydrogen (secondary N) is 1. The van der Waals surface area contributed by atoms with Crippen LogP contribution in [0.15, 0.2) is 23.1 Å². The van der Waals surface area contributed by atoms with Gasteiger partial charge in [-0.1, -0.05) is 6.92 Å². The molecule has 1 aliphatic carbocycles. The molecule has 1 N–H and O–H groups in total. The van der Waals surface area contributed by atoms with Gasteiger partial charge in [-0.25, -0.2) is 8.42 Å². The van der Waals surface area contributed by atoms with Crippen molar-refractivity contribution < 1.29 is 22.7 Å². The number of hydrogen-bond acceptors (Lipinski definition) is 5. The first kappa shape index (κ1) is 20.1. The Morgan fingerprint density at radius 2 is 1.85 bits per heavy atom. The van der Waals surface area contributed by atoms with Gasteiger partial charge < -0.3 is 14.8 Å². The molecule has 1 aromatic carbocycles. The average Bonchev–Trinajstić information content (AvgIpc) is 2.69. The molecule has 1 aromatic rings. The van der Waals surface area contributed by atoms with E-state index in [1.807, 2.05) is 0 Å². The second kappa shape index (κ2) is 8.58. The van der Waals surface area contributed by atoms with Gasteiger partial charge in [0.1, 0.15) is 10.6 Å². The van der Waals surface area contributed by atoms with Crippen LogP contribution in [0.3, 0.4) is 0 Å². The van der Waals surface area contributed by atoms with Gasteiger partial charge in [0.05, 0.1) is 20.3 Å². The van der Waals surface area contributed by atoms with Crippen molar-refractivity contribution in [3.63, 3.8) is 0 Å². The SMILES string of the molecule is COc1ccc(C(=O)NC2CCC(C)CC2)cc1S(=O)(=O)N1CCOCC1. The molecule has 0 spiro atoms. The Labute approximate surface area is 161 Å². The largest absolute Gasteiger partial charge is 0.495 e. The fraction of sp³-hybridized carbons (Fsp3) is 0.632. The lowest BCUT2D eigenvalue weighted by molar-refractivity contribution is 0.0729. The van der Waals surface area contributed by atoms with Gasteiger partial charge in [-0.3, -0.25) is 4.79 Å². The van der Waals surface area contributed by atoms with E-state index >= 15 is 0 Å². The lowest BCUT2D eigenvalue weighted by atomic mass is 9.87. The first-order chi connectivity index (χ1) is 12.9. The number of sulfonamides is 1. The molecule has 150 valence electrons. The first-order valence-electron chi connectivity index (χ1n) is 9.48. The summed E-state index contributed by atoms with van der Waals surface area (Å²) in [5, 5.41) is 3.04. The highest BCUT2D eigenvalue weighted by atomic mass is 32.2. The summed E-state index contributed by atoms with van der Waals surface area (Å²) >= 11 is 0. The number of nitrogens with zero attached hydrogens (tertiary/aromatic N) is 1. The molecule has 0 aromatic heterocycles. The molecule has 2 aliphatic rings. The molecule has 0 unspecified atom stereocenters. The van der Waals surface area contributed by atoms with Gasteiger partial charge >= 0.3 is 0 Å². The highest BCUT2D eigenvalue weighted by Gasteiger charge is 2.30. The third kappa shape index (κ3) is 4.62. The molecule has 27 heavy (non-hydrogen) atoms. The maximum absolute atomic E-state index is 13.0. The minimum absolute atomic E-state index is 0.0248. The lowest BCUT2D eigenvalue weighted by Crippen LogP contribution is -2.41. The van der Waals surface area contributed by atoms with E-state index in [0.717, 1.165) is 25.7 Å². The standard InChI is InChI=1S/C19H28N2O5S/c1-14-3-6-16(7-4-14)20-19(22)15-5-8-17(25-2)18(13-15)27(23,24)21-9-11-26-12-10-21/h5,8,13-14,16H,3-4,6-7,9-12H2,1-2H3,(H,20,22). The van der Waals surface area contributed by atoms with Crippen molar-refractivity contribution in [1.82, 2.24) is 9.62 Å². The van der Waals surface area contributed by atoms with Gasteiger partial charge in [0, 0.05) is 24.7 Å². The van der Waals surface area contributed by atoms with Crippen LogP contribution in [-0.4, -0.2) is 58.1 Å². The zero-order valence-electron chi connectivity index (χ0n) is 15.9. The summed E-state index contributed by atoms with van der Waals surface area (Å²) in [5.74, 6) is 0.699. The van der Waals surface area contributed by atoms with Crippen LogP contribution in [0.4, 0.5) is 0 Å². The van der Waals surface area contributed by atoms with Crippen LogP contribution < -0.4 is 10.1 Å². The Balaban J connectivity index is 1.81. The van der Waals surface area contributed by atoms with E-state index in [0.29, 0.717) is 37.8 Å². The topological polar surface area (TPSA) is 84.9 Å². The third-order valence-corrected chi connectivity index (χ3v) is 7.28. The van der Waals surface area contributed by atoms with Crippen molar-refractivity contribution in [3.05, 3.63) is 23.8 Å². The zero-order valence-corrected chi connectivity index (χ0v) is 16.8. The molecule has 1 saturated carbocycles. The number of carbonyl (C=O) groups excluding carboxylic acids is 1. The van der Waals surface area contributed by atoms with Gasteiger partial charge in [-0.15, -0.1) is 0 Å². The monoisotopic (exact) mass is 396 g/mol. The average molecular weight is 397 g/mol. The molecule has 3 rings (SSSR count). The second-order valence-electron chi connectivity index (χ2n) is 7.31. The van der Waals surface area contributed by atoms with Crippen molar-refractivity contribution in [2.45, 2.75) is 43.5 Å². The summed E-state index contributed by atoms with van der Waals surface area (Å²) in [6, 6.07) is 4.73. The number of morpholine rings is 1. The van der Waals surface area contributed by atoms with Gasteiger partial charge in [0.2, 0.25) is 10.0 Å². The number of methoxy groups -OCH3 is 1. The highest BCUT2D eigenvalue weighted by molar-refractivity contribution is 7.89. The van der Waals surface area contributed by atoms with Gasteiger partial charge in [0.15, 0.2) is 0 Å². The van der Waals surface area contributed by atoms with Crippen molar-refractivity contribution in [1.29, 1.82) is 0 Å². The van der Waals surface area contributed by atoms with Crippen LogP contribution in [0, 0.1) is 5.92 Å². The summed E-state index contributed by atoms with van der Waals surface area (Å²) in [6.45, 7) is 3.54. The van der Waals surface area contributed by atoms with Crippen LogP contribution in [0.5, 0.6) is 5.75 Å². The Morgan fingerprint density at radius 1 is 1.19 bits per heavy atom. The van der Waals surface area contributed by atoms with E-state index in [2.05, 4.69) is 12.2 Å². The molecule has 1 heterocycles. The van der Waals surface area contributed by atoms with Crippen molar-refractivity contribution in [3.8, 4) is 5.75 Å². The lowest BCUT2D eigenvalue weighted by Gasteiger charge is -2.28. The number of rotatable bonds is 5. The molecule has 0 bridgehead atoms. The molecule has 2 fully saturated rings. The minimum atomic E-state index is -3.75. The molecule has 8 heteroatoms. The molecule has 1 aliphatic heterocycles. The van der Waals surface area contributed by atoms with Crippen molar-refractivity contribution >= 4 is 15.9 Å². The molecule has 1 saturated heterocycles. The number of benzene rings is 1. The van der Waals surface area contributed by atoms with E-state index in [9.17, 15) is 13.2 Å². The molecular weight excluding hydrogens is 368 g/mol. The van der Waals surface area contributed by atoms with Crippen molar-refractivity contribution in [2.75, 3.05) is 33.4 Å². The smallest absolute Gasteiger partial charge is 0.251 e. The molecule has 1 amide bonds. The summed E-state index contributed by atoms with van der Waals surface area (Å²) in [7, 11) is -2.33. The Morgan fingerprint density at radius 3 is 2.48 bits per heavy atom. The predicted molar refractivity (Wildman–Crippen MR) is 101 cm³/mol. The minimum Gasteiger partial charge on any atom is -0.495 e. The first-order valence-corrected chi connectivity index (χ1v) is 10.9. The van der Waals surface area contributed by atoms with Crippen LogP contribution in [0.25, 0.3) is 0 Å². The van der Waals surface area contributed by atoms with E-state index in [1.54, 1.807) is 12.1 Å². The van der Waals surface area contributed by atoms with Crippen LogP contribution in [0.1, 0.15) is 43.0 Å². The van der Waals surface area contributed by atoms with Crippen LogP contribution in [-0.2, 0) is 14.8 Å². The van der Waals surface area contributed by atoms with Crippen molar-refractivity contribution in [2.24, 2.45) is 5.92 Å². The van der Waals surface area contributed by atoms with E-state index in [-0.39, 0.29) is 22.6 Å². The maximum atomic E-state index is 13.0. The fourth-order valence-corrected chi connectivity index (χ4v) is 5.21. The van der Waals surface area contributed by atoms with E-state index in [4.69, 9.17) is 9.47 Å². The number of amides is 1. The van der Waals surface area contributed by atoms with E-state index in [1.165, 1.54) is 17.5 Å². The Bertz CT molecular complexity index is 766. The number of ether oxygens (including phenoxy) is 2. The zero-order chi connectivity index (χ0) is 19.4. The second-order valence-corrected chi connectivity index (χ2v) is 9.22. The van der Waals surface area contributed by atoms with Gasteiger partial charge in [0.25, 0.3) is 5.91 Å².